The van der Waals surface area contributed by atoms with Crippen LogP contribution in [-0.4, -0.2) is 106 Å². The Balaban J connectivity index is 4.25. The first kappa shape index (κ1) is 29.2. The number of aliphatic hydroxyl groups excluding tert-OH is 3. The fourth-order valence-electron chi connectivity index (χ4n) is 1.64. The number of ether oxygens (including phenoxy) is 6. The lowest BCUT2D eigenvalue weighted by atomic mass is 10.4. The lowest BCUT2D eigenvalue weighted by Crippen LogP contribution is -2.44. The van der Waals surface area contributed by atoms with Gasteiger partial charge < -0.3 is 34.3 Å². The molecular weight excluding hydrogens is 438 g/mol. The summed E-state index contributed by atoms with van der Waals surface area (Å²) >= 11 is 0. The molecule has 0 bridgehead atoms. The van der Waals surface area contributed by atoms with Crippen LogP contribution >= 0.6 is 0 Å². The molecule has 0 aliphatic carbocycles. The van der Waals surface area contributed by atoms with E-state index in [2.05, 4.69) is 23.7 Å². The van der Waals surface area contributed by atoms with Gasteiger partial charge in [0.2, 0.25) is 0 Å². The average Bonchev–Trinajstić information content (AvgIpc) is 2.55. The summed E-state index contributed by atoms with van der Waals surface area (Å²) in [5.41, 5.74) is 0. The van der Waals surface area contributed by atoms with Crippen molar-refractivity contribution in [1.29, 1.82) is 0 Å². The topological polar surface area (TPSA) is 116 Å². The zero-order valence-electron chi connectivity index (χ0n) is 16.1. The smallest absolute Gasteiger partial charge is 0.394 e. The zero-order valence-corrected chi connectivity index (χ0v) is 16.1. The van der Waals surface area contributed by atoms with E-state index in [0.29, 0.717) is 0 Å². The van der Waals surface area contributed by atoms with Gasteiger partial charge >= 0.3 is 18.5 Å². The van der Waals surface area contributed by atoms with Crippen molar-refractivity contribution in [2.75, 3.05) is 59.5 Å². The van der Waals surface area contributed by atoms with Crippen molar-refractivity contribution in [1.82, 2.24) is 0 Å². The third-order valence-electron chi connectivity index (χ3n) is 2.66. The minimum Gasteiger partial charge on any atom is -0.394 e. The minimum atomic E-state index is -5.40. The van der Waals surface area contributed by atoms with Crippen molar-refractivity contribution < 1.29 is 70.1 Å². The molecule has 0 aromatic rings. The Morgan fingerprint density at radius 3 is 1.70 bits per heavy atom. The van der Waals surface area contributed by atoms with Crippen molar-refractivity contribution in [3.8, 4) is 0 Å². The Labute approximate surface area is 168 Å². The van der Waals surface area contributed by atoms with Gasteiger partial charge in [0.25, 0.3) is 0 Å². The third kappa shape index (κ3) is 17.0. The van der Waals surface area contributed by atoms with Gasteiger partial charge in [-0.3, -0.25) is 0 Å². The number of hydrogen-bond acceptors (Lipinski definition) is 9. The van der Waals surface area contributed by atoms with Gasteiger partial charge in [0.1, 0.15) is 19.3 Å². The van der Waals surface area contributed by atoms with Gasteiger partial charge in [0.05, 0.1) is 52.4 Å². The molecule has 0 amide bonds. The maximum absolute atomic E-state index is 13.3. The van der Waals surface area contributed by atoms with Gasteiger partial charge in [0.15, 0.2) is 0 Å². The maximum atomic E-state index is 13.3. The number of hydrogen-bond donors (Lipinski definition) is 3. The SMILES string of the molecule is CC(O)COCCOCC(F)(F)OC(F)(F)OC(F)(F)COCC(O)COCCO. The van der Waals surface area contributed by atoms with E-state index in [1.54, 1.807) is 0 Å². The average molecular weight is 464 g/mol. The molecule has 3 N–H and O–H groups in total. The van der Waals surface area contributed by atoms with E-state index in [1.165, 1.54) is 6.92 Å². The van der Waals surface area contributed by atoms with Gasteiger partial charge in [-0.2, -0.15) is 17.6 Å². The molecule has 2 unspecified atom stereocenters. The molecule has 0 saturated carbocycles. The Hall–Kier alpha value is -0.780. The summed E-state index contributed by atoms with van der Waals surface area (Å²) < 4.78 is 104. The molecule has 2 atom stereocenters. The molecule has 0 aliphatic rings. The summed E-state index contributed by atoms with van der Waals surface area (Å²) in [5.74, 6) is 0. The number of alkyl halides is 6. The lowest BCUT2D eigenvalue weighted by Gasteiger charge is -2.26. The van der Waals surface area contributed by atoms with Crippen LogP contribution in [0.3, 0.4) is 0 Å². The number of rotatable bonds is 19. The fourth-order valence-corrected chi connectivity index (χ4v) is 1.64. The van der Waals surface area contributed by atoms with Crippen LogP contribution < -0.4 is 0 Å². The van der Waals surface area contributed by atoms with Crippen molar-refractivity contribution in [3.05, 3.63) is 0 Å². The highest BCUT2D eigenvalue weighted by Crippen LogP contribution is 2.33. The Bertz CT molecular complexity index is 443. The second kappa shape index (κ2) is 14.3. The van der Waals surface area contributed by atoms with Crippen LogP contribution in [0.25, 0.3) is 0 Å². The fraction of sp³-hybridized carbons (Fsp3) is 1.00. The maximum Gasteiger partial charge on any atom is 0.495 e. The van der Waals surface area contributed by atoms with Gasteiger partial charge in [0, 0.05) is 0 Å². The molecule has 0 heterocycles. The molecule has 30 heavy (non-hydrogen) atoms. The second-order valence-corrected chi connectivity index (χ2v) is 5.89. The highest BCUT2D eigenvalue weighted by molar-refractivity contribution is 4.58. The van der Waals surface area contributed by atoms with E-state index < -0.39 is 57.1 Å². The van der Waals surface area contributed by atoms with Crippen molar-refractivity contribution in [3.63, 3.8) is 0 Å². The van der Waals surface area contributed by atoms with Gasteiger partial charge in [-0.25, -0.2) is 9.47 Å². The van der Waals surface area contributed by atoms with Crippen molar-refractivity contribution in [2.45, 2.75) is 37.6 Å². The first-order valence-corrected chi connectivity index (χ1v) is 8.60. The third-order valence-corrected chi connectivity index (χ3v) is 2.66. The Morgan fingerprint density at radius 2 is 1.17 bits per heavy atom. The summed E-state index contributed by atoms with van der Waals surface area (Å²) in [6, 6.07) is 0. The summed E-state index contributed by atoms with van der Waals surface area (Å²) in [5, 5.41) is 26.6. The highest BCUT2D eigenvalue weighted by Gasteiger charge is 2.52. The molecule has 0 aliphatic heterocycles. The van der Waals surface area contributed by atoms with E-state index >= 15 is 0 Å². The first-order chi connectivity index (χ1) is 13.8. The summed E-state index contributed by atoms with van der Waals surface area (Å²) in [4.78, 5) is 0. The monoisotopic (exact) mass is 464 g/mol. The van der Waals surface area contributed by atoms with Crippen molar-refractivity contribution in [2.24, 2.45) is 0 Å². The standard InChI is InChI=1S/C15H26F6O9/c1-11(23)6-26-4-5-27-9-13(16,17)29-15(20,21)30-14(18,19)10-28-8-12(24)7-25-3-2-22/h11-12,22-24H,2-10H2,1H3. The molecule has 0 fully saturated rings. The van der Waals surface area contributed by atoms with E-state index in [9.17, 15) is 31.4 Å². The van der Waals surface area contributed by atoms with Crippen molar-refractivity contribution >= 4 is 0 Å². The second-order valence-electron chi connectivity index (χ2n) is 5.89. The van der Waals surface area contributed by atoms with Crippen LogP contribution in [0.2, 0.25) is 0 Å². The molecule has 0 spiro atoms. The van der Waals surface area contributed by atoms with Crippen LogP contribution in [0.1, 0.15) is 6.92 Å². The quantitative estimate of drug-likeness (QED) is 0.143. The molecule has 182 valence electrons. The molecule has 0 rings (SSSR count). The first-order valence-electron chi connectivity index (χ1n) is 8.60. The van der Waals surface area contributed by atoms with E-state index in [1.807, 2.05) is 0 Å². The lowest BCUT2D eigenvalue weighted by molar-refractivity contribution is -0.518. The minimum absolute atomic E-state index is 0.105. The molecule has 0 aromatic heterocycles. The molecule has 9 nitrogen and oxygen atoms in total. The zero-order chi connectivity index (χ0) is 23.3. The van der Waals surface area contributed by atoms with Gasteiger partial charge in [-0.15, -0.1) is 8.78 Å². The van der Waals surface area contributed by atoms with E-state index in [-0.39, 0.29) is 33.0 Å². The predicted molar refractivity (Wildman–Crippen MR) is 85.1 cm³/mol. The number of aliphatic hydroxyl groups is 3. The Kier molecular flexibility index (Phi) is 13.9. The van der Waals surface area contributed by atoms with Crippen LogP contribution in [0.15, 0.2) is 0 Å². The highest BCUT2D eigenvalue weighted by atomic mass is 19.3. The number of halogens is 6. The van der Waals surface area contributed by atoms with Crippen LogP contribution in [0, 0.1) is 0 Å². The predicted octanol–water partition coefficient (Wildman–Crippen LogP) is 0.556. The molecule has 15 heteroatoms. The van der Waals surface area contributed by atoms with Crippen LogP contribution in [0.4, 0.5) is 26.3 Å². The van der Waals surface area contributed by atoms with E-state index in [4.69, 9.17) is 14.9 Å². The molecule has 0 saturated heterocycles. The van der Waals surface area contributed by atoms with Crippen LogP contribution in [0.5, 0.6) is 0 Å². The van der Waals surface area contributed by atoms with Crippen LogP contribution in [-0.2, 0) is 28.4 Å². The van der Waals surface area contributed by atoms with Gasteiger partial charge in [-0.05, 0) is 6.92 Å². The largest absolute Gasteiger partial charge is 0.495 e. The molecule has 0 aromatic carbocycles. The Morgan fingerprint density at radius 1 is 0.700 bits per heavy atom. The summed E-state index contributed by atoms with van der Waals surface area (Å²) in [6.45, 7) is -4.54. The summed E-state index contributed by atoms with van der Waals surface area (Å²) in [6.07, 6.45) is -17.0. The summed E-state index contributed by atoms with van der Waals surface area (Å²) in [7, 11) is 0. The molecule has 0 radical (unpaired) electrons. The van der Waals surface area contributed by atoms with Gasteiger partial charge in [-0.1, -0.05) is 0 Å². The molecular formula is C15H26F6O9. The normalized spacial score (nSPS) is 15.4. The van der Waals surface area contributed by atoms with E-state index in [0.717, 1.165) is 0 Å².